The third kappa shape index (κ3) is 2.53. The van der Waals surface area contributed by atoms with Crippen molar-refractivity contribution in [2.75, 3.05) is 0 Å². The highest BCUT2D eigenvalue weighted by molar-refractivity contribution is 6.10. The minimum Gasteiger partial charge on any atom is -0.422 e. The predicted molar refractivity (Wildman–Crippen MR) is 118 cm³/mol. The molecule has 142 valence electrons. The summed E-state index contributed by atoms with van der Waals surface area (Å²) in [5.74, 6) is 0. The molecule has 6 rings (SSSR count). The normalized spacial score (nSPS) is 11.5. The summed E-state index contributed by atoms with van der Waals surface area (Å²) in [6, 6.07) is 27.5. The number of H-pyrrole nitrogens is 1. The summed E-state index contributed by atoms with van der Waals surface area (Å²) in [4.78, 5) is 12.6. The van der Waals surface area contributed by atoms with E-state index in [0.717, 1.165) is 43.9 Å². The summed E-state index contributed by atoms with van der Waals surface area (Å²) in [6.45, 7) is 0. The van der Waals surface area contributed by atoms with Crippen molar-refractivity contribution in [3.63, 3.8) is 0 Å². The zero-order valence-electron chi connectivity index (χ0n) is 15.8. The van der Waals surface area contributed by atoms with Crippen molar-refractivity contribution >= 4 is 32.8 Å². The summed E-state index contributed by atoms with van der Waals surface area (Å²) in [7, 11) is 0. The Morgan fingerprint density at radius 3 is 2.33 bits per heavy atom. The number of fused-ring (bicyclic) bond motifs is 4. The highest BCUT2D eigenvalue weighted by Crippen LogP contribution is 2.34. The van der Waals surface area contributed by atoms with Crippen LogP contribution in [0.3, 0.4) is 0 Å². The highest BCUT2D eigenvalue weighted by atomic mass is 16.4. The molecule has 30 heavy (non-hydrogen) atoms. The molecular weight excluding hydrogens is 374 g/mol. The van der Waals surface area contributed by atoms with E-state index in [2.05, 4.69) is 27.5 Å². The van der Waals surface area contributed by atoms with Gasteiger partial charge < -0.3 is 4.42 Å². The van der Waals surface area contributed by atoms with Crippen LogP contribution in [0.15, 0.2) is 94.1 Å². The lowest BCUT2D eigenvalue weighted by molar-refractivity contribution is 0.563. The van der Waals surface area contributed by atoms with Crippen LogP contribution in [0.5, 0.6) is 0 Å². The summed E-state index contributed by atoms with van der Waals surface area (Å²) in [5, 5.41) is 14.4. The Hall–Kier alpha value is -4.25. The van der Waals surface area contributed by atoms with E-state index in [9.17, 15) is 4.79 Å². The first-order valence-electron chi connectivity index (χ1n) is 9.64. The molecule has 2 aromatic heterocycles. The minimum absolute atomic E-state index is 0.351. The standard InChI is InChI=1S/C25H15N3O2/c29-25-21(15-6-2-1-3-7-15)13-18-11-10-17(14-22(18)30-25)20-12-16-8-4-5-9-19(16)23-24(20)27-28-26-23/h1-14H,(H,26,27,28). The first kappa shape index (κ1) is 16.7. The molecule has 6 aromatic rings. The Labute approximate surface area is 170 Å². The molecule has 0 aliphatic rings. The molecular formula is C25H15N3O2. The van der Waals surface area contributed by atoms with E-state index >= 15 is 0 Å². The number of nitrogens with one attached hydrogen (secondary N) is 1. The van der Waals surface area contributed by atoms with Crippen molar-refractivity contribution in [3.8, 4) is 22.3 Å². The Balaban J connectivity index is 1.57. The zero-order valence-corrected chi connectivity index (χ0v) is 15.8. The van der Waals surface area contributed by atoms with Gasteiger partial charge in [-0.1, -0.05) is 66.7 Å². The second-order valence-corrected chi connectivity index (χ2v) is 7.23. The monoisotopic (exact) mass is 389 g/mol. The minimum atomic E-state index is -0.351. The second kappa shape index (κ2) is 6.39. The van der Waals surface area contributed by atoms with Crippen molar-refractivity contribution in [1.29, 1.82) is 0 Å². The number of nitrogens with zero attached hydrogens (tertiary/aromatic N) is 2. The summed E-state index contributed by atoms with van der Waals surface area (Å²) >= 11 is 0. The Morgan fingerprint density at radius 1 is 0.667 bits per heavy atom. The van der Waals surface area contributed by atoms with Crippen LogP contribution in [0, 0.1) is 0 Å². The Kier molecular flexibility index (Phi) is 3.55. The van der Waals surface area contributed by atoms with Gasteiger partial charge in [-0.25, -0.2) is 4.79 Å². The molecule has 0 fully saturated rings. The van der Waals surface area contributed by atoms with E-state index in [-0.39, 0.29) is 5.63 Å². The fraction of sp³-hybridized carbons (Fsp3) is 0. The first-order chi connectivity index (χ1) is 14.8. The quantitative estimate of drug-likeness (QED) is 0.394. The predicted octanol–water partition coefficient (Wildman–Crippen LogP) is 5.55. The molecule has 0 saturated carbocycles. The molecule has 0 unspecified atom stereocenters. The Bertz CT molecular complexity index is 1610. The average Bonchev–Trinajstić information content (AvgIpc) is 3.29. The molecule has 0 bridgehead atoms. The zero-order chi connectivity index (χ0) is 20.1. The molecule has 0 aliphatic heterocycles. The maximum absolute atomic E-state index is 12.6. The van der Waals surface area contributed by atoms with Gasteiger partial charge in [0.05, 0.1) is 5.56 Å². The van der Waals surface area contributed by atoms with Gasteiger partial charge >= 0.3 is 5.63 Å². The molecule has 2 heterocycles. The molecule has 1 N–H and O–H groups in total. The van der Waals surface area contributed by atoms with Crippen molar-refractivity contribution in [2.45, 2.75) is 0 Å². The molecule has 5 heteroatoms. The lowest BCUT2D eigenvalue weighted by Gasteiger charge is -2.08. The third-order valence-corrected chi connectivity index (χ3v) is 5.45. The van der Waals surface area contributed by atoms with Crippen LogP contribution in [0.4, 0.5) is 0 Å². The maximum atomic E-state index is 12.6. The van der Waals surface area contributed by atoms with Gasteiger partial charge in [-0.2, -0.15) is 15.4 Å². The molecule has 0 amide bonds. The summed E-state index contributed by atoms with van der Waals surface area (Å²) in [6.07, 6.45) is 0. The fourth-order valence-electron chi connectivity index (χ4n) is 3.99. The van der Waals surface area contributed by atoms with Gasteiger partial charge in [0, 0.05) is 16.3 Å². The number of hydrogen-bond donors (Lipinski definition) is 1. The smallest absolute Gasteiger partial charge is 0.344 e. The van der Waals surface area contributed by atoms with E-state index in [1.807, 2.05) is 72.8 Å². The van der Waals surface area contributed by atoms with Crippen LogP contribution in [0.25, 0.3) is 55.0 Å². The van der Waals surface area contributed by atoms with E-state index in [4.69, 9.17) is 4.42 Å². The van der Waals surface area contributed by atoms with Gasteiger partial charge in [0.25, 0.3) is 0 Å². The maximum Gasteiger partial charge on any atom is 0.344 e. The molecule has 4 aromatic carbocycles. The number of aromatic nitrogens is 3. The van der Waals surface area contributed by atoms with Crippen LogP contribution >= 0.6 is 0 Å². The molecule has 0 saturated heterocycles. The third-order valence-electron chi connectivity index (χ3n) is 5.45. The number of aromatic amines is 1. The highest BCUT2D eigenvalue weighted by Gasteiger charge is 2.14. The second-order valence-electron chi connectivity index (χ2n) is 7.23. The lowest BCUT2D eigenvalue weighted by atomic mass is 9.98. The molecule has 0 atom stereocenters. The molecule has 0 spiro atoms. The van der Waals surface area contributed by atoms with E-state index in [1.165, 1.54) is 0 Å². The molecule has 0 aliphatic carbocycles. The molecule has 0 radical (unpaired) electrons. The first-order valence-corrected chi connectivity index (χ1v) is 9.64. The number of rotatable bonds is 2. The fourth-order valence-corrected chi connectivity index (χ4v) is 3.99. The Morgan fingerprint density at radius 2 is 1.43 bits per heavy atom. The van der Waals surface area contributed by atoms with Gasteiger partial charge in [-0.3, -0.25) is 0 Å². The summed E-state index contributed by atoms with van der Waals surface area (Å²) < 4.78 is 5.69. The van der Waals surface area contributed by atoms with E-state index in [0.29, 0.717) is 11.1 Å². The van der Waals surface area contributed by atoms with Crippen LogP contribution in [0.2, 0.25) is 0 Å². The van der Waals surface area contributed by atoms with Gasteiger partial charge in [0.15, 0.2) is 0 Å². The topological polar surface area (TPSA) is 71.8 Å². The van der Waals surface area contributed by atoms with Gasteiger partial charge in [-0.05, 0) is 34.7 Å². The van der Waals surface area contributed by atoms with Crippen molar-refractivity contribution in [3.05, 3.63) is 95.3 Å². The van der Waals surface area contributed by atoms with Crippen LogP contribution < -0.4 is 5.63 Å². The van der Waals surface area contributed by atoms with Crippen molar-refractivity contribution < 1.29 is 4.42 Å². The van der Waals surface area contributed by atoms with Gasteiger partial charge in [0.2, 0.25) is 0 Å². The SMILES string of the molecule is O=c1oc2cc(-c3cc4ccccc4c4n[nH]nc34)ccc2cc1-c1ccccc1. The van der Waals surface area contributed by atoms with Crippen LogP contribution in [-0.4, -0.2) is 15.4 Å². The van der Waals surface area contributed by atoms with Gasteiger partial charge in [-0.15, -0.1) is 0 Å². The van der Waals surface area contributed by atoms with E-state index in [1.54, 1.807) is 0 Å². The van der Waals surface area contributed by atoms with Crippen molar-refractivity contribution in [1.82, 2.24) is 15.4 Å². The van der Waals surface area contributed by atoms with Crippen LogP contribution in [0.1, 0.15) is 0 Å². The lowest BCUT2D eigenvalue weighted by Crippen LogP contribution is -2.02. The average molecular weight is 389 g/mol. The largest absolute Gasteiger partial charge is 0.422 e. The molecule has 5 nitrogen and oxygen atoms in total. The summed E-state index contributed by atoms with van der Waals surface area (Å²) in [5.41, 5.74) is 5.06. The van der Waals surface area contributed by atoms with Crippen LogP contribution in [-0.2, 0) is 0 Å². The number of benzene rings is 4. The number of hydrogen-bond acceptors (Lipinski definition) is 4. The van der Waals surface area contributed by atoms with E-state index < -0.39 is 0 Å². The van der Waals surface area contributed by atoms with Gasteiger partial charge in [0.1, 0.15) is 16.6 Å². The van der Waals surface area contributed by atoms with Crippen molar-refractivity contribution in [2.24, 2.45) is 0 Å².